The molecule has 0 aromatic carbocycles. The Labute approximate surface area is 175 Å². The maximum atomic E-state index is 13.2. The van der Waals surface area contributed by atoms with Crippen LogP contribution >= 0.6 is 22.7 Å². The number of aliphatic hydroxyl groups excluding tert-OH is 1. The number of nitrogens with zero attached hydrogens (tertiary/aromatic N) is 4. The van der Waals surface area contributed by atoms with Gasteiger partial charge in [-0.05, 0) is 22.4 Å². The summed E-state index contributed by atoms with van der Waals surface area (Å²) in [6, 6.07) is 4.04. The molecule has 150 valence electrons. The molecule has 1 fully saturated rings. The lowest BCUT2D eigenvalue weighted by atomic mass is 9.99. The van der Waals surface area contributed by atoms with E-state index in [1.54, 1.807) is 4.90 Å². The molecule has 0 bridgehead atoms. The van der Waals surface area contributed by atoms with Crippen molar-refractivity contribution in [2.45, 2.75) is 0 Å². The molecule has 0 unspecified atom stereocenters. The van der Waals surface area contributed by atoms with Gasteiger partial charge in [0.1, 0.15) is 27.2 Å². The SMILES string of the molecule is N#Cc1c(N)nc2sc(C(=O)N3CCN(CCO)CC3)c(N)c2c1-c1ccsc1. The molecule has 0 saturated carbocycles. The molecule has 0 radical (unpaired) electrons. The Morgan fingerprint density at radius 1 is 1.31 bits per heavy atom. The van der Waals surface area contributed by atoms with Crippen molar-refractivity contribution < 1.29 is 9.90 Å². The van der Waals surface area contributed by atoms with E-state index in [1.165, 1.54) is 22.7 Å². The fraction of sp³-hybridized carbons (Fsp3) is 0.316. The first kappa shape index (κ1) is 19.6. The zero-order valence-corrected chi connectivity index (χ0v) is 17.2. The number of aromatic nitrogens is 1. The number of carbonyl (C=O) groups is 1. The molecule has 5 N–H and O–H groups in total. The van der Waals surface area contributed by atoms with Crippen LogP contribution in [0, 0.1) is 11.3 Å². The summed E-state index contributed by atoms with van der Waals surface area (Å²) in [5, 5.41) is 23.2. The molecule has 3 aromatic heterocycles. The van der Waals surface area contributed by atoms with Crippen LogP contribution in [0.15, 0.2) is 16.8 Å². The van der Waals surface area contributed by atoms with E-state index in [9.17, 15) is 10.1 Å². The number of amides is 1. The van der Waals surface area contributed by atoms with E-state index in [0.717, 1.165) is 5.56 Å². The molecule has 0 aliphatic carbocycles. The van der Waals surface area contributed by atoms with E-state index in [-0.39, 0.29) is 23.9 Å². The molecule has 8 nitrogen and oxygen atoms in total. The van der Waals surface area contributed by atoms with Crippen molar-refractivity contribution in [1.82, 2.24) is 14.8 Å². The number of nitrogens with two attached hydrogens (primary N) is 2. The van der Waals surface area contributed by atoms with Gasteiger partial charge < -0.3 is 21.5 Å². The van der Waals surface area contributed by atoms with E-state index in [2.05, 4.69) is 16.0 Å². The highest BCUT2D eigenvalue weighted by atomic mass is 32.1. The number of fused-ring (bicyclic) bond motifs is 1. The van der Waals surface area contributed by atoms with Crippen molar-refractivity contribution in [3.8, 4) is 17.2 Å². The number of carbonyl (C=O) groups excluding carboxylic acids is 1. The molecule has 1 saturated heterocycles. The van der Waals surface area contributed by atoms with Gasteiger partial charge in [-0.3, -0.25) is 9.69 Å². The lowest BCUT2D eigenvalue weighted by molar-refractivity contribution is 0.0620. The van der Waals surface area contributed by atoms with Gasteiger partial charge in [0.05, 0.1) is 12.3 Å². The van der Waals surface area contributed by atoms with Crippen LogP contribution in [0.1, 0.15) is 15.2 Å². The Hall–Kier alpha value is -2.71. The van der Waals surface area contributed by atoms with Gasteiger partial charge in [0, 0.05) is 43.7 Å². The summed E-state index contributed by atoms with van der Waals surface area (Å²) >= 11 is 2.72. The number of nitrogen functional groups attached to an aromatic ring is 2. The Kier molecular flexibility index (Phi) is 5.38. The number of piperazine rings is 1. The predicted octanol–water partition coefficient (Wildman–Crippen LogP) is 1.81. The average molecular weight is 429 g/mol. The van der Waals surface area contributed by atoms with E-state index in [1.807, 2.05) is 16.8 Å². The summed E-state index contributed by atoms with van der Waals surface area (Å²) < 4.78 is 0. The van der Waals surface area contributed by atoms with Crippen LogP contribution in [0.3, 0.4) is 0 Å². The van der Waals surface area contributed by atoms with Crippen molar-refractivity contribution >= 4 is 50.3 Å². The maximum absolute atomic E-state index is 13.2. The van der Waals surface area contributed by atoms with Crippen LogP contribution in [0.4, 0.5) is 11.5 Å². The van der Waals surface area contributed by atoms with Crippen molar-refractivity contribution in [3.63, 3.8) is 0 Å². The zero-order valence-electron chi connectivity index (χ0n) is 15.6. The molecule has 1 aliphatic rings. The lowest BCUT2D eigenvalue weighted by Gasteiger charge is -2.34. The Morgan fingerprint density at radius 2 is 2.07 bits per heavy atom. The fourth-order valence-corrected chi connectivity index (χ4v) is 5.32. The van der Waals surface area contributed by atoms with Gasteiger partial charge in [0.2, 0.25) is 0 Å². The minimum atomic E-state index is -0.137. The minimum absolute atomic E-state index is 0.108. The van der Waals surface area contributed by atoms with Crippen molar-refractivity contribution in [1.29, 1.82) is 5.26 Å². The molecule has 0 atom stereocenters. The summed E-state index contributed by atoms with van der Waals surface area (Å²) in [4.78, 5) is 22.4. The zero-order chi connectivity index (χ0) is 20.5. The molecule has 3 aromatic rings. The van der Waals surface area contributed by atoms with Gasteiger partial charge in [0.25, 0.3) is 5.91 Å². The molecule has 29 heavy (non-hydrogen) atoms. The van der Waals surface area contributed by atoms with E-state index >= 15 is 0 Å². The Morgan fingerprint density at radius 3 is 2.69 bits per heavy atom. The molecule has 1 aliphatic heterocycles. The summed E-state index contributed by atoms with van der Waals surface area (Å²) in [6.07, 6.45) is 0. The first-order valence-electron chi connectivity index (χ1n) is 9.11. The van der Waals surface area contributed by atoms with Gasteiger partial charge in [0.15, 0.2) is 0 Å². The van der Waals surface area contributed by atoms with Gasteiger partial charge >= 0.3 is 0 Å². The van der Waals surface area contributed by atoms with E-state index in [4.69, 9.17) is 16.6 Å². The van der Waals surface area contributed by atoms with Crippen molar-refractivity contribution in [2.24, 2.45) is 0 Å². The largest absolute Gasteiger partial charge is 0.397 e. The van der Waals surface area contributed by atoms with Crippen LogP contribution < -0.4 is 11.5 Å². The highest BCUT2D eigenvalue weighted by Gasteiger charge is 2.28. The van der Waals surface area contributed by atoms with E-state index in [0.29, 0.717) is 59.1 Å². The molecular weight excluding hydrogens is 408 g/mol. The van der Waals surface area contributed by atoms with Crippen LogP contribution in [0.25, 0.3) is 21.3 Å². The third-order valence-corrected chi connectivity index (χ3v) is 6.87. The summed E-state index contributed by atoms with van der Waals surface area (Å²) in [5.74, 6) is 0.00145. The summed E-state index contributed by atoms with van der Waals surface area (Å²) in [5.41, 5.74) is 14.6. The van der Waals surface area contributed by atoms with Gasteiger partial charge in [-0.25, -0.2) is 4.98 Å². The number of hydrogen-bond donors (Lipinski definition) is 3. The third-order valence-electron chi connectivity index (χ3n) is 5.10. The lowest BCUT2D eigenvalue weighted by Crippen LogP contribution is -2.49. The van der Waals surface area contributed by atoms with Gasteiger partial charge in [-0.2, -0.15) is 16.6 Å². The predicted molar refractivity (Wildman–Crippen MR) is 116 cm³/mol. The highest BCUT2D eigenvalue weighted by molar-refractivity contribution is 7.21. The number of nitriles is 1. The minimum Gasteiger partial charge on any atom is -0.397 e. The third kappa shape index (κ3) is 3.42. The summed E-state index contributed by atoms with van der Waals surface area (Å²) in [6.45, 7) is 3.28. The smallest absolute Gasteiger partial charge is 0.266 e. The first-order chi connectivity index (χ1) is 14.0. The number of pyridine rings is 1. The average Bonchev–Trinajstić information content (AvgIpc) is 3.36. The molecule has 4 rings (SSSR count). The second-order valence-electron chi connectivity index (χ2n) is 6.75. The Bertz CT molecular complexity index is 1090. The molecule has 1 amide bonds. The highest BCUT2D eigenvalue weighted by Crippen LogP contribution is 2.43. The van der Waals surface area contributed by atoms with Crippen molar-refractivity contribution in [3.05, 3.63) is 27.3 Å². The molecular formula is C19H20N6O2S2. The number of aliphatic hydroxyl groups is 1. The number of rotatable bonds is 4. The second kappa shape index (κ2) is 7.96. The number of β-amino-alcohol motifs (C(OH)–C–C–N with tert-alkyl or cyclic N) is 1. The topological polar surface area (TPSA) is 132 Å². The summed E-state index contributed by atoms with van der Waals surface area (Å²) in [7, 11) is 0. The van der Waals surface area contributed by atoms with Gasteiger partial charge in [-0.1, -0.05) is 0 Å². The Balaban J connectivity index is 1.76. The number of thiophene rings is 2. The quantitative estimate of drug-likeness (QED) is 0.577. The fourth-order valence-electron chi connectivity index (χ4n) is 3.60. The van der Waals surface area contributed by atoms with Gasteiger partial charge in [-0.15, -0.1) is 11.3 Å². The standard InChI is InChI=1S/C19H20N6O2S2/c20-9-12-13(11-1-8-28-10-11)14-15(21)16(29-18(14)23-17(12)22)19(27)25-4-2-24(3-5-25)6-7-26/h1,8,10,26H,2-7,21H2,(H2,22,23). The number of anilines is 2. The molecule has 0 spiro atoms. The van der Waals surface area contributed by atoms with Crippen LogP contribution in [-0.4, -0.2) is 65.1 Å². The molecule has 4 heterocycles. The van der Waals surface area contributed by atoms with E-state index < -0.39 is 0 Å². The monoisotopic (exact) mass is 428 g/mol. The second-order valence-corrected chi connectivity index (χ2v) is 8.53. The van der Waals surface area contributed by atoms with Crippen LogP contribution in [0.5, 0.6) is 0 Å². The number of hydrogen-bond acceptors (Lipinski definition) is 9. The normalized spacial score (nSPS) is 15.0. The van der Waals surface area contributed by atoms with Crippen LogP contribution in [-0.2, 0) is 0 Å². The van der Waals surface area contributed by atoms with Crippen molar-refractivity contribution in [2.75, 3.05) is 50.8 Å². The first-order valence-corrected chi connectivity index (χ1v) is 10.9. The molecule has 10 heteroatoms. The van der Waals surface area contributed by atoms with Crippen LogP contribution in [0.2, 0.25) is 0 Å². The maximum Gasteiger partial charge on any atom is 0.266 e.